The number of rotatable bonds is 5. The predicted molar refractivity (Wildman–Crippen MR) is 83.4 cm³/mol. The molecule has 0 radical (unpaired) electrons. The van der Waals surface area contributed by atoms with Crippen molar-refractivity contribution in [3.8, 4) is 0 Å². The van der Waals surface area contributed by atoms with Crippen LogP contribution in [0.3, 0.4) is 0 Å². The summed E-state index contributed by atoms with van der Waals surface area (Å²) in [5, 5.41) is 5.23. The summed E-state index contributed by atoms with van der Waals surface area (Å²) in [5.41, 5.74) is 1.08. The largest absolute Gasteiger partial charge is 0.370 e. The van der Waals surface area contributed by atoms with E-state index in [1.807, 2.05) is 25.1 Å². The molecule has 2 heterocycles. The first kappa shape index (κ1) is 14.8. The standard InChI is InChI=1S/C15H20N4S/c1-5-16-14-11(4)15(19-13(18-14)10(2)3)20-12-8-6-7-9-17-12/h6-10H,5H2,1-4H3,(H,16,18,19). The SMILES string of the molecule is CCNc1nc(C(C)C)nc(Sc2ccccn2)c1C. The van der Waals surface area contributed by atoms with E-state index in [9.17, 15) is 0 Å². The molecule has 0 aromatic carbocycles. The third-order valence-corrected chi connectivity index (χ3v) is 3.86. The smallest absolute Gasteiger partial charge is 0.134 e. The van der Waals surface area contributed by atoms with Crippen LogP contribution < -0.4 is 5.32 Å². The second kappa shape index (κ2) is 6.70. The molecular formula is C15H20N4S. The van der Waals surface area contributed by atoms with Crippen LogP contribution in [0.2, 0.25) is 0 Å². The van der Waals surface area contributed by atoms with Gasteiger partial charge in [-0.1, -0.05) is 19.9 Å². The number of hydrogen-bond donors (Lipinski definition) is 1. The van der Waals surface area contributed by atoms with E-state index >= 15 is 0 Å². The molecule has 0 fully saturated rings. The Kier molecular flexibility index (Phi) is 4.95. The Morgan fingerprint density at radius 3 is 2.65 bits per heavy atom. The van der Waals surface area contributed by atoms with E-state index in [4.69, 9.17) is 0 Å². The zero-order chi connectivity index (χ0) is 14.5. The van der Waals surface area contributed by atoms with Crippen molar-refractivity contribution in [1.29, 1.82) is 0 Å². The lowest BCUT2D eigenvalue weighted by Gasteiger charge is -2.14. The van der Waals surface area contributed by atoms with Crippen LogP contribution in [0.4, 0.5) is 5.82 Å². The first-order valence-electron chi connectivity index (χ1n) is 6.83. The molecule has 106 valence electrons. The Hall–Kier alpha value is -1.62. The van der Waals surface area contributed by atoms with Gasteiger partial charge in [-0.2, -0.15) is 0 Å². The van der Waals surface area contributed by atoms with E-state index in [0.717, 1.165) is 33.8 Å². The molecule has 0 unspecified atom stereocenters. The maximum Gasteiger partial charge on any atom is 0.134 e. The Morgan fingerprint density at radius 2 is 2.05 bits per heavy atom. The molecule has 0 aliphatic carbocycles. The van der Waals surface area contributed by atoms with Gasteiger partial charge in [-0.05, 0) is 37.7 Å². The Bertz CT molecular complexity index is 570. The topological polar surface area (TPSA) is 50.7 Å². The number of aromatic nitrogens is 3. The average molecular weight is 288 g/mol. The molecule has 2 aromatic rings. The highest BCUT2D eigenvalue weighted by molar-refractivity contribution is 7.99. The molecule has 0 aliphatic rings. The molecule has 20 heavy (non-hydrogen) atoms. The lowest BCUT2D eigenvalue weighted by molar-refractivity contribution is 0.748. The van der Waals surface area contributed by atoms with Gasteiger partial charge in [0.1, 0.15) is 21.7 Å². The van der Waals surface area contributed by atoms with Gasteiger partial charge in [-0.15, -0.1) is 0 Å². The molecule has 0 saturated heterocycles. The van der Waals surface area contributed by atoms with Gasteiger partial charge in [0, 0.05) is 24.2 Å². The maximum absolute atomic E-state index is 4.68. The highest BCUT2D eigenvalue weighted by Gasteiger charge is 2.14. The third-order valence-electron chi connectivity index (χ3n) is 2.82. The first-order chi connectivity index (χ1) is 9.61. The second-order valence-corrected chi connectivity index (χ2v) is 5.82. The minimum atomic E-state index is 0.302. The molecule has 0 amide bonds. The predicted octanol–water partition coefficient (Wildman–Crippen LogP) is 3.89. The summed E-state index contributed by atoms with van der Waals surface area (Å²) in [6, 6.07) is 5.90. The van der Waals surface area contributed by atoms with Crippen LogP contribution >= 0.6 is 11.8 Å². The van der Waals surface area contributed by atoms with Gasteiger partial charge in [-0.25, -0.2) is 15.0 Å². The summed E-state index contributed by atoms with van der Waals surface area (Å²) in [5.74, 6) is 2.09. The summed E-state index contributed by atoms with van der Waals surface area (Å²) in [6.45, 7) is 9.18. The van der Waals surface area contributed by atoms with E-state index in [2.05, 4.69) is 41.0 Å². The normalized spacial score (nSPS) is 10.8. The van der Waals surface area contributed by atoms with Crippen LogP contribution in [0, 0.1) is 6.92 Å². The summed E-state index contributed by atoms with van der Waals surface area (Å²) < 4.78 is 0. The Morgan fingerprint density at radius 1 is 1.25 bits per heavy atom. The summed E-state index contributed by atoms with van der Waals surface area (Å²) in [4.78, 5) is 13.6. The molecule has 1 N–H and O–H groups in total. The fourth-order valence-electron chi connectivity index (χ4n) is 1.72. The van der Waals surface area contributed by atoms with E-state index in [0.29, 0.717) is 5.92 Å². The number of nitrogens with zero attached hydrogens (tertiary/aromatic N) is 3. The summed E-state index contributed by atoms with van der Waals surface area (Å²) in [7, 11) is 0. The molecule has 0 aliphatic heterocycles. The molecule has 2 rings (SSSR count). The van der Waals surface area contributed by atoms with E-state index < -0.39 is 0 Å². The van der Waals surface area contributed by atoms with Crippen molar-refractivity contribution in [3.05, 3.63) is 35.8 Å². The molecule has 4 nitrogen and oxygen atoms in total. The van der Waals surface area contributed by atoms with Crippen LogP contribution in [-0.4, -0.2) is 21.5 Å². The van der Waals surface area contributed by atoms with Crippen molar-refractivity contribution in [3.63, 3.8) is 0 Å². The molecule has 0 spiro atoms. The summed E-state index contributed by atoms with van der Waals surface area (Å²) >= 11 is 1.58. The van der Waals surface area contributed by atoms with Crippen LogP contribution in [-0.2, 0) is 0 Å². The van der Waals surface area contributed by atoms with Gasteiger partial charge in [-0.3, -0.25) is 0 Å². The van der Waals surface area contributed by atoms with Crippen molar-refractivity contribution in [2.45, 2.75) is 43.7 Å². The zero-order valence-electron chi connectivity index (χ0n) is 12.3. The quantitative estimate of drug-likeness (QED) is 0.846. The Balaban J connectivity index is 2.40. The molecule has 0 bridgehead atoms. The van der Waals surface area contributed by atoms with Crippen molar-refractivity contribution in [1.82, 2.24) is 15.0 Å². The van der Waals surface area contributed by atoms with Crippen LogP contribution in [0.25, 0.3) is 0 Å². The van der Waals surface area contributed by atoms with Gasteiger partial charge < -0.3 is 5.32 Å². The van der Waals surface area contributed by atoms with Gasteiger partial charge in [0.15, 0.2) is 0 Å². The number of anilines is 1. The zero-order valence-corrected chi connectivity index (χ0v) is 13.2. The van der Waals surface area contributed by atoms with Crippen molar-refractivity contribution < 1.29 is 0 Å². The number of pyridine rings is 1. The van der Waals surface area contributed by atoms with Crippen molar-refractivity contribution in [2.75, 3.05) is 11.9 Å². The fourth-order valence-corrected chi connectivity index (χ4v) is 2.56. The van der Waals surface area contributed by atoms with E-state index in [1.54, 1.807) is 18.0 Å². The van der Waals surface area contributed by atoms with Crippen molar-refractivity contribution >= 4 is 17.6 Å². The fraction of sp³-hybridized carbons (Fsp3) is 0.400. The van der Waals surface area contributed by atoms with Gasteiger partial charge >= 0.3 is 0 Å². The molecule has 2 aromatic heterocycles. The van der Waals surface area contributed by atoms with Gasteiger partial charge in [0.05, 0.1) is 0 Å². The van der Waals surface area contributed by atoms with E-state index in [-0.39, 0.29) is 0 Å². The second-order valence-electron chi connectivity index (χ2n) is 4.82. The number of nitrogens with one attached hydrogen (secondary N) is 1. The molecule has 5 heteroatoms. The highest BCUT2D eigenvalue weighted by atomic mass is 32.2. The Labute approximate surface area is 124 Å². The lowest BCUT2D eigenvalue weighted by Crippen LogP contribution is -2.08. The van der Waals surface area contributed by atoms with Gasteiger partial charge in [0.25, 0.3) is 0 Å². The minimum absolute atomic E-state index is 0.302. The van der Waals surface area contributed by atoms with Crippen LogP contribution in [0.15, 0.2) is 34.4 Å². The summed E-state index contributed by atoms with van der Waals surface area (Å²) in [6.07, 6.45) is 1.80. The lowest BCUT2D eigenvalue weighted by atomic mass is 10.2. The number of hydrogen-bond acceptors (Lipinski definition) is 5. The first-order valence-corrected chi connectivity index (χ1v) is 7.64. The highest BCUT2D eigenvalue weighted by Crippen LogP contribution is 2.31. The minimum Gasteiger partial charge on any atom is -0.370 e. The molecule has 0 saturated carbocycles. The third kappa shape index (κ3) is 3.48. The van der Waals surface area contributed by atoms with Crippen molar-refractivity contribution in [2.24, 2.45) is 0 Å². The van der Waals surface area contributed by atoms with Crippen LogP contribution in [0.1, 0.15) is 38.1 Å². The monoisotopic (exact) mass is 288 g/mol. The molecular weight excluding hydrogens is 268 g/mol. The average Bonchev–Trinajstić information content (AvgIpc) is 2.44. The van der Waals surface area contributed by atoms with Crippen LogP contribution in [0.5, 0.6) is 0 Å². The maximum atomic E-state index is 4.68. The van der Waals surface area contributed by atoms with E-state index in [1.165, 1.54) is 0 Å². The molecule has 0 atom stereocenters. The van der Waals surface area contributed by atoms with Gasteiger partial charge in [0.2, 0.25) is 0 Å².